The molecule has 11 heavy (non-hydrogen) atoms. The van der Waals surface area contributed by atoms with Crippen molar-refractivity contribution in [1.29, 1.82) is 0 Å². The molecule has 0 unspecified atom stereocenters. The molecule has 2 heterocycles. The standard InChI is InChI=1S/C8H7BN2/c1-5-2-6-3-8(9)10-4-7(6)11-5/h2-4,11H,1H3. The summed E-state index contributed by atoms with van der Waals surface area (Å²) in [6.07, 6.45) is 1.75. The molecule has 2 aromatic heterocycles. The second-order valence-electron chi connectivity index (χ2n) is 2.65. The summed E-state index contributed by atoms with van der Waals surface area (Å²) < 4.78 is 0. The van der Waals surface area contributed by atoms with E-state index in [1.54, 1.807) is 6.20 Å². The van der Waals surface area contributed by atoms with E-state index in [1.165, 1.54) is 0 Å². The van der Waals surface area contributed by atoms with Gasteiger partial charge in [-0.2, -0.15) is 0 Å². The molecule has 0 aliphatic heterocycles. The smallest absolute Gasteiger partial charge is 0.141 e. The third-order valence-corrected chi connectivity index (χ3v) is 1.66. The van der Waals surface area contributed by atoms with Gasteiger partial charge in [-0.05, 0) is 24.6 Å². The molecule has 1 N–H and O–H groups in total. The molecule has 0 spiro atoms. The lowest BCUT2D eigenvalue weighted by molar-refractivity contribution is 1.29. The number of nitrogens with one attached hydrogen (secondary N) is 1. The molecular weight excluding hydrogens is 135 g/mol. The zero-order valence-electron chi connectivity index (χ0n) is 6.26. The minimum Gasteiger partial charge on any atom is -0.357 e. The molecule has 52 valence electrons. The first kappa shape index (κ1) is 6.46. The average molecular weight is 142 g/mol. The number of aromatic nitrogens is 2. The lowest BCUT2D eigenvalue weighted by atomic mass is 10.0. The van der Waals surface area contributed by atoms with E-state index in [1.807, 2.05) is 19.1 Å². The van der Waals surface area contributed by atoms with Gasteiger partial charge in [-0.1, -0.05) is 0 Å². The molecule has 2 aromatic rings. The first-order valence-corrected chi connectivity index (χ1v) is 3.46. The number of pyridine rings is 1. The van der Waals surface area contributed by atoms with Gasteiger partial charge < -0.3 is 4.98 Å². The normalized spacial score (nSPS) is 10.6. The summed E-state index contributed by atoms with van der Waals surface area (Å²) in [5.74, 6) is 0. The number of H-pyrrole nitrogens is 1. The third-order valence-electron chi connectivity index (χ3n) is 1.66. The van der Waals surface area contributed by atoms with E-state index in [-0.39, 0.29) is 0 Å². The van der Waals surface area contributed by atoms with Crippen molar-refractivity contribution in [2.75, 3.05) is 0 Å². The van der Waals surface area contributed by atoms with E-state index in [4.69, 9.17) is 7.85 Å². The maximum atomic E-state index is 5.51. The maximum Gasteiger partial charge on any atom is 0.141 e. The predicted molar refractivity (Wildman–Crippen MR) is 46.2 cm³/mol. The number of aromatic amines is 1. The van der Waals surface area contributed by atoms with E-state index in [9.17, 15) is 0 Å². The summed E-state index contributed by atoms with van der Waals surface area (Å²) in [5, 5.41) is 1.12. The van der Waals surface area contributed by atoms with Gasteiger partial charge in [-0.15, -0.1) is 0 Å². The molecule has 0 atom stereocenters. The van der Waals surface area contributed by atoms with Gasteiger partial charge in [0.15, 0.2) is 0 Å². The Labute approximate surface area is 66.1 Å². The molecule has 2 rings (SSSR count). The van der Waals surface area contributed by atoms with E-state index < -0.39 is 0 Å². The van der Waals surface area contributed by atoms with Gasteiger partial charge in [0.1, 0.15) is 7.85 Å². The second kappa shape index (κ2) is 2.12. The SMILES string of the molecule is [B]c1cc2cc(C)[nH]c2cn1. The minimum atomic E-state index is 0.566. The van der Waals surface area contributed by atoms with Crippen LogP contribution in [-0.4, -0.2) is 17.8 Å². The van der Waals surface area contributed by atoms with Crippen molar-refractivity contribution in [3.05, 3.63) is 24.0 Å². The second-order valence-corrected chi connectivity index (χ2v) is 2.65. The highest BCUT2D eigenvalue weighted by Crippen LogP contribution is 2.10. The molecular formula is C8H7BN2. The van der Waals surface area contributed by atoms with Crippen LogP contribution in [0.4, 0.5) is 0 Å². The van der Waals surface area contributed by atoms with Crippen LogP contribution < -0.4 is 5.59 Å². The number of hydrogen-bond acceptors (Lipinski definition) is 1. The zero-order chi connectivity index (χ0) is 7.84. The van der Waals surface area contributed by atoms with Gasteiger partial charge in [0, 0.05) is 11.1 Å². The van der Waals surface area contributed by atoms with Crippen LogP contribution in [-0.2, 0) is 0 Å². The van der Waals surface area contributed by atoms with Gasteiger partial charge in [0.25, 0.3) is 0 Å². The molecule has 0 aromatic carbocycles. The van der Waals surface area contributed by atoms with E-state index in [0.29, 0.717) is 5.59 Å². The van der Waals surface area contributed by atoms with Gasteiger partial charge >= 0.3 is 0 Å². The number of aryl methyl sites for hydroxylation is 1. The van der Waals surface area contributed by atoms with Crippen LogP contribution in [0.1, 0.15) is 5.69 Å². The van der Waals surface area contributed by atoms with Crippen molar-refractivity contribution >= 4 is 24.3 Å². The fraction of sp³-hybridized carbons (Fsp3) is 0.125. The van der Waals surface area contributed by atoms with Crippen LogP contribution in [0.5, 0.6) is 0 Å². The highest BCUT2D eigenvalue weighted by molar-refractivity contribution is 6.31. The molecule has 0 fully saturated rings. The molecule has 0 bridgehead atoms. The number of hydrogen-bond donors (Lipinski definition) is 1. The Morgan fingerprint density at radius 2 is 2.27 bits per heavy atom. The van der Waals surface area contributed by atoms with Crippen molar-refractivity contribution < 1.29 is 0 Å². The average Bonchev–Trinajstić information content (AvgIpc) is 2.27. The topological polar surface area (TPSA) is 28.7 Å². The predicted octanol–water partition coefficient (Wildman–Crippen LogP) is 0.665. The molecule has 0 amide bonds. The van der Waals surface area contributed by atoms with Gasteiger partial charge in [-0.3, -0.25) is 4.98 Å². The fourth-order valence-corrected chi connectivity index (χ4v) is 1.19. The monoisotopic (exact) mass is 142 g/mol. The molecule has 2 radical (unpaired) electrons. The molecule has 2 nitrogen and oxygen atoms in total. The van der Waals surface area contributed by atoms with Crippen molar-refractivity contribution in [3.8, 4) is 0 Å². The molecule has 3 heteroatoms. The van der Waals surface area contributed by atoms with Crippen LogP contribution in [0.2, 0.25) is 0 Å². The van der Waals surface area contributed by atoms with Crippen molar-refractivity contribution in [3.63, 3.8) is 0 Å². The van der Waals surface area contributed by atoms with Crippen molar-refractivity contribution in [2.45, 2.75) is 6.92 Å². The van der Waals surface area contributed by atoms with Gasteiger partial charge in [0.2, 0.25) is 0 Å². The summed E-state index contributed by atoms with van der Waals surface area (Å²) in [5.41, 5.74) is 2.74. The number of fused-ring (bicyclic) bond motifs is 1. The largest absolute Gasteiger partial charge is 0.357 e. The Balaban J connectivity index is 2.82. The van der Waals surface area contributed by atoms with Crippen LogP contribution >= 0.6 is 0 Å². The third kappa shape index (κ3) is 1.02. The van der Waals surface area contributed by atoms with Crippen LogP contribution in [0, 0.1) is 6.92 Å². The zero-order valence-corrected chi connectivity index (χ0v) is 6.26. The van der Waals surface area contributed by atoms with Gasteiger partial charge in [0.05, 0.1) is 11.7 Å². The van der Waals surface area contributed by atoms with Crippen LogP contribution in [0.15, 0.2) is 18.3 Å². The Morgan fingerprint density at radius 1 is 1.45 bits per heavy atom. The molecule has 0 saturated carbocycles. The molecule has 0 aliphatic rings. The lowest BCUT2D eigenvalue weighted by Gasteiger charge is -1.90. The van der Waals surface area contributed by atoms with E-state index in [0.717, 1.165) is 16.6 Å². The van der Waals surface area contributed by atoms with E-state index >= 15 is 0 Å². The highest BCUT2D eigenvalue weighted by Gasteiger charge is 1.96. The van der Waals surface area contributed by atoms with Gasteiger partial charge in [-0.25, -0.2) is 0 Å². The van der Waals surface area contributed by atoms with Crippen LogP contribution in [0.25, 0.3) is 10.9 Å². The van der Waals surface area contributed by atoms with E-state index in [2.05, 4.69) is 9.97 Å². The minimum absolute atomic E-state index is 0.566. The highest BCUT2D eigenvalue weighted by atomic mass is 14.7. The lowest BCUT2D eigenvalue weighted by Crippen LogP contribution is -2.05. The summed E-state index contributed by atoms with van der Waals surface area (Å²) in [6, 6.07) is 3.91. The molecule has 0 saturated heterocycles. The van der Waals surface area contributed by atoms with Crippen molar-refractivity contribution in [1.82, 2.24) is 9.97 Å². The number of nitrogens with zero attached hydrogens (tertiary/aromatic N) is 1. The quantitative estimate of drug-likeness (QED) is 0.538. The van der Waals surface area contributed by atoms with Crippen LogP contribution in [0.3, 0.4) is 0 Å². The summed E-state index contributed by atoms with van der Waals surface area (Å²) >= 11 is 0. The molecule has 0 aliphatic carbocycles. The summed E-state index contributed by atoms with van der Waals surface area (Å²) in [6.45, 7) is 2.01. The fourth-order valence-electron chi connectivity index (χ4n) is 1.19. The first-order valence-electron chi connectivity index (χ1n) is 3.46. The Hall–Kier alpha value is -1.25. The number of rotatable bonds is 0. The Bertz CT molecular complexity index is 392. The Kier molecular flexibility index (Phi) is 1.25. The van der Waals surface area contributed by atoms with Crippen molar-refractivity contribution in [2.24, 2.45) is 0 Å². The maximum absolute atomic E-state index is 5.51. The Morgan fingerprint density at radius 3 is 3.09 bits per heavy atom. The first-order chi connectivity index (χ1) is 5.25. The summed E-state index contributed by atoms with van der Waals surface area (Å²) in [7, 11) is 5.51. The summed E-state index contributed by atoms with van der Waals surface area (Å²) in [4.78, 5) is 7.13.